The van der Waals surface area contributed by atoms with Crippen LogP contribution in [0.15, 0.2) is 29.2 Å². The number of sulfone groups is 1. The quantitative estimate of drug-likeness (QED) is 0.795. The first-order chi connectivity index (χ1) is 11.4. The topological polar surface area (TPSA) is 108 Å². The second kappa shape index (κ2) is 6.07. The number of amides is 1. The van der Waals surface area contributed by atoms with E-state index < -0.39 is 26.7 Å². The highest BCUT2D eigenvalue weighted by Gasteiger charge is 2.47. The summed E-state index contributed by atoms with van der Waals surface area (Å²) in [5, 5.41) is 14.0. The number of nitriles is 1. The summed E-state index contributed by atoms with van der Waals surface area (Å²) in [6.07, 6.45) is 1.46. The summed E-state index contributed by atoms with van der Waals surface area (Å²) in [4.78, 5) is 12.4. The predicted octanol–water partition coefficient (Wildman–Crippen LogP) is 0.372. The molecule has 0 radical (unpaired) electrons. The highest BCUT2D eigenvalue weighted by molar-refractivity contribution is 7.92. The van der Waals surface area contributed by atoms with Crippen LogP contribution in [-0.2, 0) is 14.6 Å². The van der Waals surface area contributed by atoms with Crippen LogP contribution in [0.2, 0.25) is 0 Å². The molecule has 1 heterocycles. The van der Waals surface area contributed by atoms with E-state index in [1.807, 2.05) is 0 Å². The molecule has 1 amide bonds. The Hall–Kier alpha value is -2.11. The molecular formula is C16H19N3O4S. The number of nitrogens with one attached hydrogen (secondary N) is 2. The second-order valence-electron chi connectivity index (χ2n) is 6.20. The summed E-state index contributed by atoms with van der Waals surface area (Å²) < 4.78 is 30.8. The normalized spacial score (nSPS) is 24.8. The van der Waals surface area contributed by atoms with E-state index in [1.54, 1.807) is 18.2 Å². The molecule has 24 heavy (non-hydrogen) atoms. The van der Waals surface area contributed by atoms with Crippen LogP contribution in [0.1, 0.15) is 19.3 Å². The summed E-state index contributed by atoms with van der Waals surface area (Å²) in [6.45, 7) is 0.192. The fraction of sp³-hybridized carbons (Fsp3) is 0.500. The minimum absolute atomic E-state index is 0.135. The molecule has 1 saturated heterocycles. The van der Waals surface area contributed by atoms with Crippen LogP contribution in [0, 0.1) is 11.3 Å². The zero-order valence-corrected chi connectivity index (χ0v) is 14.1. The van der Waals surface area contributed by atoms with Gasteiger partial charge in [-0.3, -0.25) is 4.79 Å². The van der Waals surface area contributed by atoms with Crippen molar-refractivity contribution < 1.29 is 17.9 Å². The van der Waals surface area contributed by atoms with E-state index >= 15 is 0 Å². The van der Waals surface area contributed by atoms with Gasteiger partial charge in [0.05, 0.1) is 24.5 Å². The van der Waals surface area contributed by atoms with Crippen molar-refractivity contribution in [3.63, 3.8) is 0 Å². The van der Waals surface area contributed by atoms with Crippen molar-refractivity contribution in [1.29, 1.82) is 5.26 Å². The molecule has 1 aliphatic carbocycles. The monoisotopic (exact) mass is 349 g/mol. The highest BCUT2D eigenvalue weighted by atomic mass is 32.2. The molecule has 8 heteroatoms. The predicted molar refractivity (Wildman–Crippen MR) is 86.1 cm³/mol. The molecule has 1 saturated carbocycles. The Bertz CT molecular complexity index is 796. The lowest BCUT2D eigenvalue weighted by Gasteiger charge is -2.15. The maximum Gasteiger partial charge on any atom is 0.238 e. The first-order valence-electron chi connectivity index (χ1n) is 7.75. The van der Waals surface area contributed by atoms with Crippen molar-refractivity contribution in [2.24, 2.45) is 0 Å². The van der Waals surface area contributed by atoms with Crippen molar-refractivity contribution in [2.45, 2.75) is 41.0 Å². The Morgan fingerprint density at radius 2 is 2.12 bits per heavy atom. The Labute approximate surface area is 140 Å². The molecule has 128 valence electrons. The lowest BCUT2D eigenvalue weighted by atomic mass is 10.2. The van der Waals surface area contributed by atoms with Gasteiger partial charge in [0.15, 0.2) is 9.84 Å². The number of carbonyl (C=O) groups is 1. The third-order valence-electron chi connectivity index (χ3n) is 4.55. The van der Waals surface area contributed by atoms with E-state index in [-0.39, 0.29) is 23.8 Å². The molecule has 1 aromatic carbocycles. The van der Waals surface area contributed by atoms with E-state index in [9.17, 15) is 13.2 Å². The molecule has 2 N–H and O–H groups in total. The van der Waals surface area contributed by atoms with Crippen LogP contribution >= 0.6 is 0 Å². The van der Waals surface area contributed by atoms with Gasteiger partial charge in [-0.25, -0.2) is 8.42 Å². The van der Waals surface area contributed by atoms with Crippen molar-refractivity contribution in [3.8, 4) is 11.8 Å². The summed E-state index contributed by atoms with van der Waals surface area (Å²) >= 11 is 0. The molecule has 0 aromatic heterocycles. The van der Waals surface area contributed by atoms with Gasteiger partial charge in [0.1, 0.15) is 16.2 Å². The molecule has 3 rings (SSSR count). The second-order valence-corrected chi connectivity index (χ2v) is 8.39. The number of ether oxygens (including phenoxy) is 1. The van der Waals surface area contributed by atoms with Crippen LogP contribution in [0.5, 0.6) is 5.75 Å². The SMILES string of the molecule is COc1ccccc1S(=O)(=O)C1CNC(C(=O)NC2(C#N)CC2)C1. The average molecular weight is 349 g/mol. The molecule has 2 unspecified atom stereocenters. The van der Waals surface area contributed by atoms with Crippen LogP contribution in [0.4, 0.5) is 0 Å². The van der Waals surface area contributed by atoms with E-state index in [1.165, 1.54) is 13.2 Å². The average Bonchev–Trinajstić information content (AvgIpc) is 3.17. The summed E-state index contributed by atoms with van der Waals surface area (Å²) in [5.74, 6) is -0.0152. The van der Waals surface area contributed by atoms with Gasteiger partial charge in [-0.1, -0.05) is 12.1 Å². The molecule has 1 aromatic rings. The van der Waals surface area contributed by atoms with Crippen molar-refractivity contribution in [3.05, 3.63) is 24.3 Å². The Morgan fingerprint density at radius 3 is 2.75 bits per heavy atom. The van der Waals surface area contributed by atoms with Crippen LogP contribution in [0.3, 0.4) is 0 Å². The molecular weight excluding hydrogens is 330 g/mol. The van der Waals surface area contributed by atoms with Crippen LogP contribution in [-0.4, -0.2) is 44.8 Å². The van der Waals surface area contributed by atoms with Gasteiger partial charge in [0.25, 0.3) is 0 Å². The number of para-hydroxylation sites is 1. The highest BCUT2D eigenvalue weighted by Crippen LogP contribution is 2.35. The Balaban J connectivity index is 1.73. The standard InChI is InChI=1S/C16H19N3O4S/c1-23-13-4-2-3-5-14(13)24(21,22)11-8-12(18-9-11)15(20)19-16(10-17)6-7-16/h2-5,11-12,18H,6-9H2,1H3,(H,19,20). The van der Waals surface area contributed by atoms with Gasteiger partial charge >= 0.3 is 0 Å². The minimum atomic E-state index is -3.61. The number of hydrogen-bond acceptors (Lipinski definition) is 6. The van der Waals surface area contributed by atoms with Gasteiger partial charge in [-0.2, -0.15) is 5.26 Å². The van der Waals surface area contributed by atoms with E-state index in [4.69, 9.17) is 10.00 Å². The molecule has 1 aliphatic heterocycles. The minimum Gasteiger partial charge on any atom is -0.495 e. The number of rotatable bonds is 5. The third-order valence-corrected chi connectivity index (χ3v) is 6.74. The third kappa shape index (κ3) is 2.97. The maximum absolute atomic E-state index is 12.8. The zero-order chi connectivity index (χ0) is 17.4. The molecule has 0 bridgehead atoms. The Kier molecular flexibility index (Phi) is 4.24. The van der Waals surface area contributed by atoms with E-state index in [0.29, 0.717) is 18.6 Å². The first-order valence-corrected chi connectivity index (χ1v) is 9.30. The van der Waals surface area contributed by atoms with Crippen molar-refractivity contribution in [1.82, 2.24) is 10.6 Å². The van der Waals surface area contributed by atoms with E-state index in [2.05, 4.69) is 16.7 Å². The lowest BCUT2D eigenvalue weighted by molar-refractivity contribution is -0.123. The van der Waals surface area contributed by atoms with Gasteiger partial charge in [-0.15, -0.1) is 0 Å². The smallest absolute Gasteiger partial charge is 0.238 e. The molecule has 2 atom stereocenters. The molecule has 2 fully saturated rings. The van der Waals surface area contributed by atoms with Crippen molar-refractivity contribution in [2.75, 3.05) is 13.7 Å². The van der Waals surface area contributed by atoms with Gasteiger partial charge < -0.3 is 15.4 Å². The number of hydrogen-bond donors (Lipinski definition) is 2. The van der Waals surface area contributed by atoms with Gasteiger partial charge in [0.2, 0.25) is 5.91 Å². The number of methoxy groups -OCH3 is 1. The zero-order valence-electron chi connectivity index (χ0n) is 13.3. The van der Waals surface area contributed by atoms with Gasteiger partial charge in [0, 0.05) is 6.54 Å². The lowest BCUT2D eigenvalue weighted by Crippen LogP contribution is -2.45. The Morgan fingerprint density at radius 1 is 1.42 bits per heavy atom. The fourth-order valence-electron chi connectivity index (χ4n) is 2.89. The molecule has 0 spiro atoms. The largest absolute Gasteiger partial charge is 0.495 e. The first kappa shape index (κ1) is 16.7. The summed E-state index contributed by atoms with van der Waals surface area (Å²) in [5.41, 5.74) is -0.752. The number of benzene rings is 1. The number of nitrogens with zero attached hydrogens (tertiary/aromatic N) is 1. The molecule has 7 nitrogen and oxygen atoms in total. The molecule has 2 aliphatic rings. The fourth-order valence-corrected chi connectivity index (χ4v) is 4.71. The van der Waals surface area contributed by atoms with E-state index in [0.717, 1.165) is 0 Å². The van der Waals surface area contributed by atoms with Crippen LogP contribution < -0.4 is 15.4 Å². The summed E-state index contributed by atoms with van der Waals surface area (Å²) in [7, 11) is -2.19. The van der Waals surface area contributed by atoms with Crippen molar-refractivity contribution >= 4 is 15.7 Å². The van der Waals surface area contributed by atoms with Gasteiger partial charge in [-0.05, 0) is 31.4 Å². The summed E-state index contributed by atoms with van der Waals surface area (Å²) in [6, 6.07) is 7.95. The number of carbonyl (C=O) groups excluding carboxylic acids is 1. The van der Waals surface area contributed by atoms with Crippen LogP contribution in [0.25, 0.3) is 0 Å². The maximum atomic E-state index is 12.8.